The summed E-state index contributed by atoms with van der Waals surface area (Å²) < 4.78 is 20.8. The molecule has 0 radical (unpaired) electrons. The molecule has 2 heterocycles. The van der Waals surface area contributed by atoms with Gasteiger partial charge in [-0.3, -0.25) is 0 Å². The molecule has 0 amide bonds. The van der Waals surface area contributed by atoms with E-state index in [0.717, 1.165) is 13.2 Å². The molecule has 2 aliphatic rings. The molecule has 0 aromatic rings. The summed E-state index contributed by atoms with van der Waals surface area (Å²) in [5.74, 6) is 0.0370. The Balaban J connectivity index is 1.51. The maximum atomic E-state index is 10.2. The zero-order valence-electron chi connectivity index (χ0n) is 9.17. The molecular weight excluding hydrogens is 214 g/mol. The van der Waals surface area contributed by atoms with Crippen LogP contribution < -0.4 is 0 Å². The van der Waals surface area contributed by atoms with Crippen LogP contribution in [0.25, 0.3) is 0 Å². The van der Waals surface area contributed by atoms with Crippen LogP contribution in [0.4, 0.5) is 0 Å². The molecule has 6 nitrogen and oxygen atoms in total. The summed E-state index contributed by atoms with van der Waals surface area (Å²) in [5.41, 5.74) is 0. The van der Waals surface area contributed by atoms with Crippen molar-refractivity contribution in [3.8, 4) is 0 Å². The van der Waals surface area contributed by atoms with Crippen LogP contribution >= 0.6 is 0 Å². The Bertz CT molecular complexity index is 199. The van der Waals surface area contributed by atoms with Crippen molar-refractivity contribution in [2.45, 2.75) is 12.2 Å². The summed E-state index contributed by atoms with van der Waals surface area (Å²) in [6.07, 6.45) is 0.510. The molecule has 0 saturated carbocycles. The number of rotatable bonds is 10. The zero-order chi connectivity index (χ0) is 11.2. The summed E-state index contributed by atoms with van der Waals surface area (Å²) in [7, 11) is 0. The van der Waals surface area contributed by atoms with Gasteiger partial charge in [-0.1, -0.05) is 5.18 Å². The van der Waals surface area contributed by atoms with Crippen molar-refractivity contribution in [1.82, 2.24) is 0 Å². The summed E-state index contributed by atoms with van der Waals surface area (Å²) in [4.78, 5) is 10.2. The number of nitroso groups, excluding NO2 is 1. The minimum Gasteiger partial charge on any atom is -0.378 e. The second kappa shape index (κ2) is 6.24. The average molecular weight is 231 g/mol. The minimum absolute atomic E-state index is 0.0370. The van der Waals surface area contributed by atoms with Crippen LogP contribution in [0.15, 0.2) is 5.18 Å². The van der Waals surface area contributed by atoms with Crippen molar-refractivity contribution in [1.29, 1.82) is 0 Å². The third-order valence-corrected chi connectivity index (χ3v) is 2.45. The molecule has 2 saturated heterocycles. The Morgan fingerprint density at radius 3 is 2.00 bits per heavy atom. The fourth-order valence-corrected chi connectivity index (χ4v) is 1.32. The van der Waals surface area contributed by atoms with E-state index >= 15 is 0 Å². The number of ether oxygens (including phenoxy) is 4. The van der Waals surface area contributed by atoms with Crippen LogP contribution in [0, 0.1) is 10.8 Å². The molecule has 0 N–H and O–H groups in total. The molecule has 2 rings (SSSR count). The fraction of sp³-hybridized carbons (Fsp3) is 1.00. The standard InChI is InChI=1S/C10H17NO5/c12-11-1-8(2-13-4-9-6-15-9)3-14-5-10-7-16-10/h8-10H,1-7H2. The molecular formula is C10H17NO5. The normalized spacial score (nSPS) is 28.8. The second-order valence-corrected chi connectivity index (χ2v) is 4.16. The zero-order valence-corrected chi connectivity index (χ0v) is 9.17. The van der Waals surface area contributed by atoms with Gasteiger partial charge in [0.1, 0.15) is 12.2 Å². The van der Waals surface area contributed by atoms with E-state index < -0.39 is 0 Å². The third-order valence-electron chi connectivity index (χ3n) is 2.45. The Kier molecular flexibility index (Phi) is 4.65. The molecule has 2 aliphatic heterocycles. The lowest BCUT2D eigenvalue weighted by molar-refractivity contribution is 0.0327. The van der Waals surface area contributed by atoms with E-state index in [9.17, 15) is 4.91 Å². The van der Waals surface area contributed by atoms with Gasteiger partial charge in [0, 0.05) is 5.92 Å². The first kappa shape index (κ1) is 11.9. The summed E-state index contributed by atoms with van der Waals surface area (Å²) >= 11 is 0. The molecule has 92 valence electrons. The van der Waals surface area contributed by atoms with Gasteiger partial charge >= 0.3 is 0 Å². The van der Waals surface area contributed by atoms with E-state index in [2.05, 4.69) is 5.18 Å². The molecule has 0 bridgehead atoms. The van der Waals surface area contributed by atoms with Crippen molar-refractivity contribution in [3.05, 3.63) is 4.91 Å². The molecule has 0 spiro atoms. The minimum atomic E-state index is 0.0370. The Hall–Kier alpha value is -0.560. The molecule has 0 aromatic carbocycles. The first-order valence-corrected chi connectivity index (χ1v) is 5.56. The van der Waals surface area contributed by atoms with Crippen LogP contribution in [0.3, 0.4) is 0 Å². The molecule has 2 unspecified atom stereocenters. The number of hydrogen-bond donors (Lipinski definition) is 0. The first-order valence-electron chi connectivity index (χ1n) is 5.56. The lowest BCUT2D eigenvalue weighted by Crippen LogP contribution is -2.21. The lowest BCUT2D eigenvalue weighted by atomic mass is 10.2. The molecule has 2 atom stereocenters. The van der Waals surface area contributed by atoms with Gasteiger partial charge < -0.3 is 18.9 Å². The van der Waals surface area contributed by atoms with E-state index in [1.807, 2.05) is 0 Å². The summed E-state index contributed by atoms with van der Waals surface area (Å²) in [6, 6.07) is 0. The van der Waals surface area contributed by atoms with Gasteiger partial charge in [0.15, 0.2) is 0 Å². The van der Waals surface area contributed by atoms with Gasteiger partial charge in [-0.05, 0) is 0 Å². The number of epoxide rings is 2. The average Bonchev–Trinajstić information content (AvgIpc) is 3.13. The van der Waals surface area contributed by atoms with Crippen LogP contribution in [0.5, 0.6) is 0 Å². The maximum Gasteiger partial charge on any atom is 0.104 e. The van der Waals surface area contributed by atoms with E-state index in [1.165, 1.54) is 0 Å². The highest BCUT2D eigenvalue weighted by atomic mass is 16.6. The predicted octanol–water partition coefficient (Wildman–Crippen LogP) is 0.200. The fourth-order valence-electron chi connectivity index (χ4n) is 1.32. The van der Waals surface area contributed by atoms with E-state index in [1.54, 1.807) is 0 Å². The Morgan fingerprint density at radius 1 is 1.12 bits per heavy atom. The number of nitrogens with zero attached hydrogens (tertiary/aromatic N) is 1. The van der Waals surface area contributed by atoms with Gasteiger partial charge in [-0.2, -0.15) is 4.91 Å². The van der Waals surface area contributed by atoms with E-state index in [0.29, 0.717) is 26.4 Å². The maximum absolute atomic E-state index is 10.2. The van der Waals surface area contributed by atoms with Crippen LogP contribution in [0.1, 0.15) is 0 Å². The topological polar surface area (TPSA) is 73.0 Å². The molecule has 0 aliphatic carbocycles. The highest BCUT2D eigenvalue weighted by Gasteiger charge is 2.24. The smallest absolute Gasteiger partial charge is 0.104 e. The van der Waals surface area contributed by atoms with Crippen molar-refractivity contribution in [2.75, 3.05) is 46.2 Å². The van der Waals surface area contributed by atoms with Gasteiger partial charge in [0.25, 0.3) is 0 Å². The van der Waals surface area contributed by atoms with Gasteiger partial charge in [0.2, 0.25) is 0 Å². The van der Waals surface area contributed by atoms with Gasteiger partial charge in [-0.15, -0.1) is 0 Å². The van der Waals surface area contributed by atoms with Crippen LogP contribution in [-0.4, -0.2) is 58.4 Å². The van der Waals surface area contributed by atoms with Crippen molar-refractivity contribution in [2.24, 2.45) is 11.1 Å². The monoisotopic (exact) mass is 231 g/mol. The summed E-state index contributed by atoms with van der Waals surface area (Å²) in [6.45, 7) is 3.99. The van der Waals surface area contributed by atoms with Gasteiger partial charge in [0.05, 0.1) is 46.2 Å². The number of hydrogen-bond acceptors (Lipinski definition) is 6. The van der Waals surface area contributed by atoms with Crippen LogP contribution in [-0.2, 0) is 18.9 Å². The second-order valence-electron chi connectivity index (χ2n) is 4.16. The molecule has 0 aromatic heterocycles. The SMILES string of the molecule is O=NCC(COCC1CO1)COCC1CO1. The highest BCUT2D eigenvalue weighted by molar-refractivity contribution is 4.70. The van der Waals surface area contributed by atoms with Gasteiger partial charge in [-0.25, -0.2) is 0 Å². The molecule has 6 heteroatoms. The molecule has 2 fully saturated rings. The van der Waals surface area contributed by atoms with Crippen molar-refractivity contribution in [3.63, 3.8) is 0 Å². The predicted molar refractivity (Wildman–Crippen MR) is 55.3 cm³/mol. The van der Waals surface area contributed by atoms with Crippen molar-refractivity contribution >= 4 is 0 Å². The summed E-state index contributed by atoms with van der Waals surface area (Å²) in [5, 5.41) is 2.89. The third kappa shape index (κ3) is 4.98. The lowest BCUT2D eigenvalue weighted by Gasteiger charge is -2.13. The van der Waals surface area contributed by atoms with E-state index in [4.69, 9.17) is 18.9 Å². The molecule has 16 heavy (non-hydrogen) atoms. The largest absolute Gasteiger partial charge is 0.378 e. The first-order chi connectivity index (χ1) is 7.88. The van der Waals surface area contributed by atoms with E-state index in [-0.39, 0.29) is 24.7 Å². The highest BCUT2D eigenvalue weighted by Crippen LogP contribution is 2.11. The van der Waals surface area contributed by atoms with Crippen LogP contribution in [0.2, 0.25) is 0 Å². The van der Waals surface area contributed by atoms with Crippen molar-refractivity contribution < 1.29 is 18.9 Å². The quantitative estimate of drug-likeness (QED) is 0.396. The Labute approximate surface area is 94.2 Å². The Morgan fingerprint density at radius 2 is 1.62 bits per heavy atom.